The van der Waals surface area contributed by atoms with E-state index in [-0.39, 0.29) is 24.4 Å². The van der Waals surface area contributed by atoms with Crippen LogP contribution in [0.15, 0.2) is 18.2 Å². The van der Waals surface area contributed by atoms with Crippen LogP contribution in [0.1, 0.15) is 26.2 Å². The molecule has 20 heavy (non-hydrogen) atoms. The molecular formula is C14H19FN4O. The third kappa shape index (κ3) is 3.14. The van der Waals surface area contributed by atoms with Gasteiger partial charge in [0.25, 0.3) is 0 Å². The van der Waals surface area contributed by atoms with Crippen LogP contribution in [0.25, 0.3) is 10.9 Å². The van der Waals surface area contributed by atoms with E-state index in [1.54, 1.807) is 12.1 Å². The van der Waals surface area contributed by atoms with E-state index in [1.165, 1.54) is 6.07 Å². The van der Waals surface area contributed by atoms with Crippen LogP contribution in [0.5, 0.6) is 0 Å². The molecule has 4 N–H and O–H groups in total. The molecule has 0 aliphatic rings. The number of fused-ring (bicyclic) bond motifs is 1. The zero-order valence-electron chi connectivity index (χ0n) is 11.4. The Bertz CT molecular complexity index is 585. The fourth-order valence-electron chi connectivity index (χ4n) is 2.25. The molecule has 108 valence electrons. The summed E-state index contributed by atoms with van der Waals surface area (Å²) in [5, 5.41) is 12.6. The molecule has 0 aliphatic heterocycles. The molecule has 6 heteroatoms. The molecule has 0 saturated carbocycles. The van der Waals surface area contributed by atoms with Crippen molar-refractivity contribution < 1.29 is 9.50 Å². The topological polar surface area (TPSA) is 84.1 Å². The molecule has 1 heterocycles. The van der Waals surface area contributed by atoms with E-state index in [9.17, 15) is 4.39 Å². The number of nitrogens with two attached hydrogens (primary N) is 1. The summed E-state index contributed by atoms with van der Waals surface area (Å²) in [6.45, 7) is 2.12. The van der Waals surface area contributed by atoms with Crippen LogP contribution in [0.4, 0.5) is 16.2 Å². The standard InChI is InChI=1S/C14H19FN4O/c1-2-4-9(7-8-20)17-13-12-10(15)5-3-6-11(12)18-14(16)19-13/h3,5-6,9,20H,2,4,7-8H2,1H3,(H3,16,17,18,19). The first-order valence-electron chi connectivity index (χ1n) is 6.74. The van der Waals surface area contributed by atoms with E-state index in [2.05, 4.69) is 22.2 Å². The number of anilines is 2. The Labute approximate surface area is 117 Å². The van der Waals surface area contributed by atoms with Gasteiger partial charge >= 0.3 is 0 Å². The van der Waals surface area contributed by atoms with E-state index < -0.39 is 0 Å². The fraction of sp³-hybridized carbons (Fsp3) is 0.429. The Morgan fingerprint density at radius 3 is 2.85 bits per heavy atom. The molecule has 0 aliphatic carbocycles. The summed E-state index contributed by atoms with van der Waals surface area (Å²) in [7, 11) is 0. The van der Waals surface area contributed by atoms with Crippen molar-refractivity contribution in [2.45, 2.75) is 32.2 Å². The largest absolute Gasteiger partial charge is 0.396 e. The lowest BCUT2D eigenvalue weighted by atomic mass is 10.1. The molecule has 1 unspecified atom stereocenters. The van der Waals surface area contributed by atoms with Gasteiger partial charge in [-0.2, -0.15) is 4.98 Å². The Kier molecular flexibility index (Phi) is 4.68. The second kappa shape index (κ2) is 6.47. The van der Waals surface area contributed by atoms with Gasteiger partial charge in [0.2, 0.25) is 5.95 Å². The molecular weight excluding hydrogens is 259 g/mol. The highest BCUT2D eigenvalue weighted by atomic mass is 19.1. The molecule has 0 fully saturated rings. The number of nitrogens with one attached hydrogen (secondary N) is 1. The first kappa shape index (κ1) is 14.5. The minimum absolute atomic E-state index is 0.0297. The predicted octanol–water partition coefficient (Wildman–Crippen LogP) is 2.31. The smallest absolute Gasteiger partial charge is 0.222 e. The van der Waals surface area contributed by atoms with Gasteiger partial charge in [-0.3, -0.25) is 0 Å². The van der Waals surface area contributed by atoms with Crippen molar-refractivity contribution in [3.63, 3.8) is 0 Å². The Balaban J connectivity index is 2.41. The number of aliphatic hydroxyl groups excluding tert-OH is 1. The SMILES string of the molecule is CCCC(CCO)Nc1nc(N)nc2cccc(F)c12. The van der Waals surface area contributed by atoms with E-state index in [1.807, 2.05) is 0 Å². The fourth-order valence-corrected chi connectivity index (χ4v) is 2.25. The predicted molar refractivity (Wildman–Crippen MR) is 77.9 cm³/mol. The van der Waals surface area contributed by atoms with Gasteiger partial charge in [0.05, 0.1) is 10.9 Å². The number of aliphatic hydroxyl groups is 1. The second-order valence-electron chi connectivity index (χ2n) is 4.71. The van der Waals surface area contributed by atoms with E-state index in [4.69, 9.17) is 10.8 Å². The maximum Gasteiger partial charge on any atom is 0.222 e. The Morgan fingerprint density at radius 1 is 1.35 bits per heavy atom. The molecule has 2 rings (SSSR count). The number of halogens is 1. The van der Waals surface area contributed by atoms with Crippen LogP contribution in [-0.2, 0) is 0 Å². The van der Waals surface area contributed by atoms with Crippen LogP contribution < -0.4 is 11.1 Å². The van der Waals surface area contributed by atoms with Gasteiger partial charge in [-0.25, -0.2) is 9.37 Å². The van der Waals surface area contributed by atoms with Crippen molar-refractivity contribution in [2.24, 2.45) is 0 Å². The summed E-state index contributed by atoms with van der Waals surface area (Å²) in [5.41, 5.74) is 6.14. The van der Waals surface area contributed by atoms with Crippen molar-refractivity contribution in [2.75, 3.05) is 17.7 Å². The third-order valence-corrected chi connectivity index (χ3v) is 3.15. The van der Waals surface area contributed by atoms with Gasteiger partial charge in [-0.1, -0.05) is 19.4 Å². The number of benzene rings is 1. The van der Waals surface area contributed by atoms with Gasteiger partial charge in [0.15, 0.2) is 0 Å². The Hall–Kier alpha value is -1.95. The minimum atomic E-state index is -0.385. The van der Waals surface area contributed by atoms with E-state index >= 15 is 0 Å². The van der Waals surface area contributed by atoms with Crippen LogP contribution in [-0.4, -0.2) is 27.7 Å². The first-order chi connectivity index (χ1) is 9.65. The van der Waals surface area contributed by atoms with Gasteiger partial charge in [-0.15, -0.1) is 0 Å². The van der Waals surface area contributed by atoms with Crippen LogP contribution in [0.3, 0.4) is 0 Å². The zero-order chi connectivity index (χ0) is 14.5. The molecule has 5 nitrogen and oxygen atoms in total. The zero-order valence-corrected chi connectivity index (χ0v) is 11.4. The van der Waals surface area contributed by atoms with Gasteiger partial charge in [-0.05, 0) is 25.0 Å². The third-order valence-electron chi connectivity index (χ3n) is 3.15. The summed E-state index contributed by atoms with van der Waals surface area (Å²) in [4.78, 5) is 8.13. The van der Waals surface area contributed by atoms with Gasteiger partial charge in [0, 0.05) is 12.6 Å². The Morgan fingerprint density at radius 2 is 2.15 bits per heavy atom. The average molecular weight is 278 g/mol. The number of rotatable bonds is 6. The van der Waals surface area contributed by atoms with Crippen LogP contribution in [0, 0.1) is 5.82 Å². The molecule has 0 radical (unpaired) electrons. The molecule has 1 aromatic carbocycles. The van der Waals surface area contributed by atoms with Crippen LogP contribution >= 0.6 is 0 Å². The van der Waals surface area contributed by atoms with E-state index in [0.29, 0.717) is 23.1 Å². The van der Waals surface area contributed by atoms with Gasteiger partial charge < -0.3 is 16.2 Å². The first-order valence-corrected chi connectivity index (χ1v) is 6.74. The number of aromatic nitrogens is 2. The maximum atomic E-state index is 14.0. The molecule has 1 aromatic heterocycles. The summed E-state index contributed by atoms with van der Waals surface area (Å²) < 4.78 is 14.0. The lowest BCUT2D eigenvalue weighted by molar-refractivity contribution is 0.276. The second-order valence-corrected chi connectivity index (χ2v) is 4.71. The highest BCUT2D eigenvalue weighted by Crippen LogP contribution is 2.25. The summed E-state index contributed by atoms with van der Waals surface area (Å²) in [6.07, 6.45) is 2.40. The van der Waals surface area contributed by atoms with Crippen molar-refractivity contribution in [1.82, 2.24) is 9.97 Å². The number of hydrogen-bond acceptors (Lipinski definition) is 5. The molecule has 2 aromatic rings. The number of nitrogens with zero attached hydrogens (tertiary/aromatic N) is 2. The summed E-state index contributed by atoms with van der Waals surface area (Å²) in [6, 6.07) is 4.68. The lowest BCUT2D eigenvalue weighted by Gasteiger charge is -2.19. The number of hydrogen-bond donors (Lipinski definition) is 3. The lowest BCUT2D eigenvalue weighted by Crippen LogP contribution is -2.22. The minimum Gasteiger partial charge on any atom is -0.396 e. The quantitative estimate of drug-likeness (QED) is 0.755. The molecule has 1 atom stereocenters. The normalized spacial score (nSPS) is 12.6. The molecule has 0 amide bonds. The van der Waals surface area contributed by atoms with Crippen molar-refractivity contribution in [3.05, 3.63) is 24.0 Å². The van der Waals surface area contributed by atoms with Gasteiger partial charge in [0.1, 0.15) is 11.6 Å². The highest BCUT2D eigenvalue weighted by Gasteiger charge is 2.14. The molecule has 0 spiro atoms. The average Bonchev–Trinajstić information content (AvgIpc) is 2.38. The van der Waals surface area contributed by atoms with Crippen molar-refractivity contribution in [3.8, 4) is 0 Å². The monoisotopic (exact) mass is 278 g/mol. The van der Waals surface area contributed by atoms with E-state index in [0.717, 1.165) is 12.8 Å². The van der Waals surface area contributed by atoms with Crippen LogP contribution in [0.2, 0.25) is 0 Å². The number of nitrogen functional groups attached to an aromatic ring is 1. The highest BCUT2D eigenvalue weighted by molar-refractivity contribution is 5.90. The molecule has 0 saturated heterocycles. The van der Waals surface area contributed by atoms with Crippen molar-refractivity contribution >= 4 is 22.7 Å². The van der Waals surface area contributed by atoms with Crippen molar-refractivity contribution in [1.29, 1.82) is 0 Å². The summed E-state index contributed by atoms with van der Waals surface area (Å²) in [5.74, 6) is 0.103. The molecule has 0 bridgehead atoms. The maximum absolute atomic E-state index is 14.0. The summed E-state index contributed by atoms with van der Waals surface area (Å²) >= 11 is 0.